The second-order valence-corrected chi connectivity index (χ2v) is 13.4. The number of para-hydroxylation sites is 1. The van der Waals surface area contributed by atoms with E-state index in [9.17, 15) is 18.0 Å². The molecule has 3 heterocycles. The van der Waals surface area contributed by atoms with E-state index in [1.54, 1.807) is 48.0 Å². The van der Waals surface area contributed by atoms with E-state index in [2.05, 4.69) is 6.58 Å². The zero-order chi connectivity index (χ0) is 29.9. The molecule has 42 heavy (non-hydrogen) atoms. The number of sulfonamides is 1. The van der Waals surface area contributed by atoms with Gasteiger partial charge in [-0.1, -0.05) is 60.4 Å². The van der Waals surface area contributed by atoms with Crippen LogP contribution in [0.25, 0.3) is 23.0 Å². The minimum atomic E-state index is -3.82. The lowest BCUT2D eigenvalue weighted by atomic mass is 9.98. The minimum Gasteiger partial charge on any atom is -0.466 e. The monoisotopic (exact) mass is 622 g/mol. The number of amides is 1. The molecule has 0 unspecified atom stereocenters. The molecule has 0 radical (unpaired) electrons. The van der Waals surface area contributed by atoms with Gasteiger partial charge in [0.05, 0.1) is 28.0 Å². The molecule has 1 aromatic heterocycles. The average molecular weight is 623 g/mol. The van der Waals surface area contributed by atoms with Crippen molar-refractivity contribution >= 4 is 56.3 Å². The Kier molecular flexibility index (Phi) is 9.07. The van der Waals surface area contributed by atoms with Gasteiger partial charge in [-0.15, -0.1) is 6.58 Å². The van der Waals surface area contributed by atoms with Crippen molar-refractivity contribution in [3.8, 4) is 16.9 Å². The van der Waals surface area contributed by atoms with Crippen LogP contribution in [0.15, 0.2) is 83.2 Å². The van der Waals surface area contributed by atoms with E-state index >= 15 is 0 Å². The zero-order valence-corrected chi connectivity index (χ0v) is 25.5. The van der Waals surface area contributed by atoms with Crippen LogP contribution in [0.3, 0.4) is 0 Å². The molecule has 2 aliphatic rings. The van der Waals surface area contributed by atoms with Gasteiger partial charge in [-0.25, -0.2) is 13.1 Å². The predicted molar refractivity (Wildman–Crippen MR) is 167 cm³/mol. The molecule has 0 aliphatic carbocycles. The molecular formula is C30H30N4O5S3. The van der Waals surface area contributed by atoms with Crippen molar-refractivity contribution in [2.24, 2.45) is 5.92 Å². The highest BCUT2D eigenvalue weighted by Gasteiger charge is 2.34. The van der Waals surface area contributed by atoms with Crippen molar-refractivity contribution in [2.45, 2.75) is 24.7 Å². The Morgan fingerprint density at radius 1 is 1.17 bits per heavy atom. The van der Waals surface area contributed by atoms with Crippen LogP contribution in [-0.4, -0.2) is 69.8 Å². The highest BCUT2D eigenvalue weighted by molar-refractivity contribution is 8.26. The van der Waals surface area contributed by atoms with Gasteiger partial charge < -0.3 is 4.74 Å². The first-order valence-electron chi connectivity index (χ1n) is 13.5. The van der Waals surface area contributed by atoms with Crippen LogP contribution in [0.5, 0.6) is 0 Å². The Labute approximate surface area is 254 Å². The van der Waals surface area contributed by atoms with Crippen LogP contribution < -0.4 is 0 Å². The number of carbonyl (C=O) groups excluding carboxylic acids is 2. The Morgan fingerprint density at radius 2 is 1.90 bits per heavy atom. The average Bonchev–Trinajstić information content (AvgIpc) is 3.54. The number of piperidine rings is 1. The molecule has 0 atom stereocenters. The van der Waals surface area contributed by atoms with Crippen molar-refractivity contribution in [1.29, 1.82) is 0 Å². The largest absolute Gasteiger partial charge is 0.466 e. The molecule has 12 heteroatoms. The summed E-state index contributed by atoms with van der Waals surface area (Å²) in [7, 11) is -3.82. The molecule has 2 fully saturated rings. The Bertz CT molecular complexity index is 1660. The molecule has 3 aromatic rings. The molecule has 1 amide bonds. The number of hydrogen-bond donors (Lipinski definition) is 0. The first-order valence-corrected chi connectivity index (χ1v) is 16.2. The highest BCUT2D eigenvalue weighted by Crippen LogP contribution is 2.35. The predicted octanol–water partition coefficient (Wildman–Crippen LogP) is 4.89. The second kappa shape index (κ2) is 12.7. The van der Waals surface area contributed by atoms with Crippen molar-refractivity contribution in [3.63, 3.8) is 0 Å². The number of nitrogens with zero attached hydrogens (tertiary/aromatic N) is 4. The number of thiocarbonyl (C=S) groups is 1. The van der Waals surface area contributed by atoms with Gasteiger partial charge >= 0.3 is 5.97 Å². The maximum Gasteiger partial charge on any atom is 0.309 e. The fourth-order valence-electron chi connectivity index (χ4n) is 4.90. The van der Waals surface area contributed by atoms with Crippen LogP contribution in [0, 0.1) is 5.92 Å². The Balaban J connectivity index is 1.49. The molecule has 0 spiro atoms. The third-order valence-electron chi connectivity index (χ3n) is 7.05. The molecule has 0 saturated carbocycles. The molecule has 2 aromatic carbocycles. The van der Waals surface area contributed by atoms with Crippen LogP contribution in [-0.2, 0) is 24.3 Å². The lowest BCUT2D eigenvalue weighted by molar-refractivity contribution is -0.149. The van der Waals surface area contributed by atoms with E-state index in [1.807, 2.05) is 36.5 Å². The van der Waals surface area contributed by atoms with E-state index in [0.29, 0.717) is 52.0 Å². The van der Waals surface area contributed by atoms with Gasteiger partial charge in [0.25, 0.3) is 5.91 Å². The first kappa shape index (κ1) is 29.9. The first-order chi connectivity index (χ1) is 20.2. The summed E-state index contributed by atoms with van der Waals surface area (Å²) in [4.78, 5) is 27.3. The van der Waals surface area contributed by atoms with Crippen molar-refractivity contribution in [2.75, 3.05) is 26.2 Å². The SMILES string of the molecule is C=CCN1C(=O)C(=Cc2cn(-c3ccccc3)nc2-c2cccc(S(=O)(=O)N3CCC(C(=O)OCC)CC3)c2)SC1=S. The van der Waals surface area contributed by atoms with Crippen LogP contribution in [0.1, 0.15) is 25.3 Å². The van der Waals surface area contributed by atoms with Gasteiger partial charge in [0, 0.05) is 37.0 Å². The van der Waals surface area contributed by atoms with E-state index < -0.39 is 10.0 Å². The molecular weight excluding hydrogens is 593 g/mol. The van der Waals surface area contributed by atoms with Crippen LogP contribution in [0.4, 0.5) is 0 Å². The van der Waals surface area contributed by atoms with E-state index in [-0.39, 0.29) is 35.8 Å². The Morgan fingerprint density at radius 3 is 2.60 bits per heavy atom. The maximum absolute atomic E-state index is 13.6. The van der Waals surface area contributed by atoms with Gasteiger partial charge in [-0.05, 0) is 50.1 Å². The second-order valence-electron chi connectivity index (χ2n) is 9.75. The van der Waals surface area contributed by atoms with Crippen molar-refractivity contribution in [3.05, 3.63) is 83.9 Å². The normalized spacial score (nSPS) is 17.6. The molecule has 2 saturated heterocycles. The van der Waals surface area contributed by atoms with Crippen molar-refractivity contribution in [1.82, 2.24) is 19.0 Å². The lowest BCUT2D eigenvalue weighted by Gasteiger charge is -2.30. The van der Waals surface area contributed by atoms with E-state index in [4.69, 9.17) is 22.1 Å². The number of ether oxygens (including phenoxy) is 1. The summed E-state index contributed by atoms with van der Waals surface area (Å²) >= 11 is 6.61. The molecule has 0 bridgehead atoms. The number of benzene rings is 2. The number of rotatable bonds is 9. The summed E-state index contributed by atoms with van der Waals surface area (Å²) in [5.74, 6) is -0.794. The Hall–Kier alpha value is -3.58. The number of aromatic nitrogens is 2. The summed E-state index contributed by atoms with van der Waals surface area (Å²) < 4.78 is 36.0. The van der Waals surface area contributed by atoms with Gasteiger partial charge in [0.15, 0.2) is 0 Å². The van der Waals surface area contributed by atoms with Gasteiger partial charge in [-0.3, -0.25) is 14.5 Å². The summed E-state index contributed by atoms with van der Waals surface area (Å²) in [6.07, 6.45) is 6.00. The quantitative estimate of drug-likeness (QED) is 0.144. The summed E-state index contributed by atoms with van der Waals surface area (Å²) in [5, 5.41) is 4.80. The summed E-state index contributed by atoms with van der Waals surface area (Å²) in [5.41, 5.74) is 2.56. The fourth-order valence-corrected chi connectivity index (χ4v) is 7.68. The van der Waals surface area contributed by atoms with Crippen LogP contribution in [0.2, 0.25) is 0 Å². The number of hydrogen-bond acceptors (Lipinski definition) is 8. The molecule has 218 valence electrons. The summed E-state index contributed by atoms with van der Waals surface area (Å²) in [6.45, 7) is 6.54. The smallest absolute Gasteiger partial charge is 0.309 e. The van der Waals surface area contributed by atoms with E-state index in [0.717, 1.165) is 5.69 Å². The molecule has 9 nitrogen and oxygen atoms in total. The molecule has 5 rings (SSSR count). The topological polar surface area (TPSA) is 102 Å². The number of thioether (sulfide) groups is 1. The standard InChI is InChI=1S/C30H30N4O5S3/c1-3-15-33-28(35)26(41-30(33)40)19-23-20-34(24-10-6-5-7-11-24)31-27(23)22-9-8-12-25(18-22)42(37,38)32-16-13-21(14-17-32)29(36)39-4-2/h3,5-12,18-21H,1,4,13-17H2,2H3. The van der Waals surface area contributed by atoms with Crippen molar-refractivity contribution < 1.29 is 22.7 Å². The fraction of sp³-hybridized carbons (Fsp3) is 0.267. The molecule has 0 N–H and O–H groups in total. The third-order valence-corrected chi connectivity index (χ3v) is 10.3. The van der Waals surface area contributed by atoms with Crippen LogP contribution >= 0.6 is 24.0 Å². The highest BCUT2D eigenvalue weighted by atomic mass is 32.2. The number of carbonyl (C=O) groups is 2. The maximum atomic E-state index is 13.6. The zero-order valence-electron chi connectivity index (χ0n) is 23.0. The van der Waals surface area contributed by atoms with E-state index in [1.165, 1.54) is 21.0 Å². The van der Waals surface area contributed by atoms with Gasteiger partial charge in [-0.2, -0.15) is 9.40 Å². The lowest BCUT2D eigenvalue weighted by Crippen LogP contribution is -2.40. The van der Waals surface area contributed by atoms with Gasteiger partial charge in [0.1, 0.15) is 10.0 Å². The third kappa shape index (κ3) is 6.12. The minimum absolute atomic E-state index is 0.132. The summed E-state index contributed by atoms with van der Waals surface area (Å²) in [6, 6.07) is 16.2. The van der Waals surface area contributed by atoms with Gasteiger partial charge in [0.2, 0.25) is 10.0 Å². The number of esters is 1. The molecule has 2 aliphatic heterocycles.